The SMILES string of the molecule is COc1ccc(C)cc1C(=O)Nc1cc(-c2ccccc2)ccc1N(C)S(C)(=O)=O. The zero-order valence-corrected chi connectivity index (χ0v) is 18.2. The molecule has 3 aromatic rings. The average Bonchev–Trinajstić information content (AvgIpc) is 2.73. The summed E-state index contributed by atoms with van der Waals surface area (Å²) in [6, 6.07) is 20.3. The highest BCUT2D eigenvalue weighted by atomic mass is 32.2. The number of amides is 1. The molecule has 0 spiro atoms. The van der Waals surface area contributed by atoms with Crippen molar-refractivity contribution in [2.75, 3.05) is 30.0 Å². The summed E-state index contributed by atoms with van der Waals surface area (Å²) in [5.74, 6) is 0.0549. The molecule has 6 nitrogen and oxygen atoms in total. The molecule has 3 rings (SSSR count). The van der Waals surface area contributed by atoms with E-state index in [1.165, 1.54) is 14.2 Å². The molecule has 0 aromatic heterocycles. The van der Waals surface area contributed by atoms with Crippen LogP contribution >= 0.6 is 0 Å². The molecule has 0 radical (unpaired) electrons. The number of ether oxygens (including phenoxy) is 1. The minimum atomic E-state index is -3.52. The van der Waals surface area contributed by atoms with Gasteiger partial charge in [0.25, 0.3) is 5.91 Å². The molecular formula is C23H24N2O4S. The van der Waals surface area contributed by atoms with Gasteiger partial charge in [0, 0.05) is 7.05 Å². The van der Waals surface area contributed by atoms with Gasteiger partial charge < -0.3 is 10.1 Å². The first kappa shape index (κ1) is 21.4. The first-order valence-electron chi connectivity index (χ1n) is 9.30. The normalized spacial score (nSPS) is 11.1. The number of carbonyl (C=O) groups is 1. The van der Waals surface area contributed by atoms with Crippen molar-refractivity contribution < 1.29 is 17.9 Å². The molecule has 3 aromatic carbocycles. The summed E-state index contributed by atoms with van der Waals surface area (Å²) >= 11 is 0. The van der Waals surface area contributed by atoms with Crippen LogP contribution in [0, 0.1) is 6.92 Å². The molecule has 0 heterocycles. The van der Waals surface area contributed by atoms with Crippen molar-refractivity contribution in [3.8, 4) is 16.9 Å². The number of methoxy groups -OCH3 is 1. The molecular weight excluding hydrogens is 400 g/mol. The maximum absolute atomic E-state index is 13.1. The van der Waals surface area contributed by atoms with E-state index in [2.05, 4.69) is 5.32 Å². The van der Waals surface area contributed by atoms with Crippen LogP contribution in [-0.2, 0) is 10.0 Å². The highest BCUT2D eigenvalue weighted by molar-refractivity contribution is 7.92. The summed E-state index contributed by atoms with van der Waals surface area (Å²) in [6.07, 6.45) is 1.12. The number of hydrogen-bond donors (Lipinski definition) is 1. The summed E-state index contributed by atoms with van der Waals surface area (Å²) in [6.45, 7) is 1.88. The standard InChI is InChI=1S/C23H24N2O4S/c1-16-10-13-22(29-3)19(14-16)23(26)24-20-15-18(17-8-6-5-7-9-17)11-12-21(20)25(2)30(4,27)28/h5-15H,1-4H3,(H,24,26). The summed E-state index contributed by atoms with van der Waals surface area (Å²) in [4.78, 5) is 13.1. The molecule has 0 aliphatic heterocycles. The maximum Gasteiger partial charge on any atom is 0.259 e. The molecule has 0 saturated carbocycles. The lowest BCUT2D eigenvalue weighted by molar-refractivity contribution is 0.102. The molecule has 1 amide bonds. The first-order chi connectivity index (χ1) is 14.2. The molecule has 0 saturated heterocycles. The van der Waals surface area contributed by atoms with E-state index in [0.29, 0.717) is 22.7 Å². The molecule has 1 N–H and O–H groups in total. The minimum absolute atomic E-state index is 0.371. The third-order valence-corrected chi connectivity index (χ3v) is 5.98. The van der Waals surface area contributed by atoms with Gasteiger partial charge in [-0.1, -0.05) is 48.0 Å². The molecule has 0 aliphatic carbocycles. The van der Waals surface area contributed by atoms with E-state index in [0.717, 1.165) is 27.3 Å². The average molecular weight is 425 g/mol. The second kappa shape index (κ2) is 8.59. The number of sulfonamides is 1. The van der Waals surface area contributed by atoms with Crippen LogP contribution in [-0.4, -0.2) is 34.7 Å². The summed E-state index contributed by atoms with van der Waals surface area (Å²) in [7, 11) is -0.564. The third-order valence-electron chi connectivity index (χ3n) is 4.79. The van der Waals surface area contributed by atoms with Crippen molar-refractivity contribution in [2.24, 2.45) is 0 Å². The molecule has 30 heavy (non-hydrogen) atoms. The molecule has 0 bridgehead atoms. The van der Waals surface area contributed by atoms with Crippen LogP contribution in [0.1, 0.15) is 15.9 Å². The number of benzene rings is 3. The van der Waals surface area contributed by atoms with Crippen LogP contribution in [0.4, 0.5) is 11.4 Å². The van der Waals surface area contributed by atoms with Crippen molar-refractivity contribution >= 4 is 27.3 Å². The Morgan fingerprint density at radius 3 is 2.30 bits per heavy atom. The van der Waals surface area contributed by atoms with Crippen molar-refractivity contribution in [1.82, 2.24) is 0 Å². The lowest BCUT2D eigenvalue weighted by Crippen LogP contribution is -2.26. The van der Waals surface area contributed by atoms with E-state index in [9.17, 15) is 13.2 Å². The summed E-state index contributed by atoms with van der Waals surface area (Å²) in [5.41, 5.74) is 3.85. The van der Waals surface area contributed by atoms with Gasteiger partial charge in [0.15, 0.2) is 0 Å². The second-order valence-corrected chi connectivity index (χ2v) is 9.00. The number of aryl methyl sites for hydroxylation is 1. The monoisotopic (exact) mass is 424 g/mol. The van der Waals surface area contributed by atoms with Crippen LogP contribution in [0.25, 0.3) is 11.1 Å². The zero-order chi connectivity index (χ0) is 21.9. The van der Waals surface area contributed by atoms with E-state index in [1.807, 2.05) is 49.4 Å². The predicted molar refractivity (Wildman–Crippen MR) is 121 cm³/mol. The number of rotatable bonds is 6. The fraction of sp³-hybridized carbons (Fsp3) is 0.174. The van der Waals surface area contributed by atoms with E-state index in [-0.39, 0.29) is 5.91 Å². The second-order valence-electron chi connectivity index (χ2n) is 6.99. The highest BCUT2D eigenvalue weighted by Crippen LogP contribution is 2.33. The van der Waals surface area contributed by atoms with Crippen molar-refractivity contribution in [3.63, 3.8) is 0 Å². The number of hydrogen-bond acceptors (Lipinski definition) is 4. The molecule has 7 heteroatoms. The van der Waals surface area contributed by atoms with Gasteiger partial charge in [0.2, 0.25) is 10.0 Å². The van der Waals surface area contributed by atoms with Gasteiger partial charge in [-0.3, -0.25) is 9.10 Å². The van der Waals surface area contributed by atoms with Gasteiger partial charge in [-0.2, -0.15) is 0 Å². The Hall–Kier alpha value is -3.32. The van der Waals surface area contributed by atoms with Crippen molar-refractivity contribution in [1.29, 1.82) is 0 Å². The number of nitrogens with one attached hydrogen (secondary N) is 1. The van der Waals surface area contributed by atoms with Crippen molar-refractivity contribution in [2.45, 2.75) is 6.92 Å². The Morgan fingerprint density at radius 1 is 0.967 bits per heavy atom. The maximum atomic E-state index is 13.1. The van der Waals surface area contributed by atoms with Crippen LogP contribution in [0.5, 0.6) is 5.75 Å². The van der Waals surface area contributed by atoms with Crippen LogP contribution in [0.3, 0.4) is 0 Å². The topological polar surface area (TPSA) is 75.7 Å². The lowest BCUT2D eigenvalue weighted by atomic mass is 10.0. The van der Waals surface area contributed by atoms with E-state index in [1.54, 1.807) is 24.3 Å². The quantitative estimate of drug-likeness (QED) is 0.639. The number of nitrogens with zero attached hydrogens (tertiary/aromatic N) is 1. The highest BCUT2D eigenvalue weighted by Gasteiger charge is 2.20. The molecule has 0 unspecified atom stereocenters. The van der Waals surface area contributed by atoms with Crippen LogP contribution in [0.15, 0.2) is 66.7 Å². The van der Waals surface area contributed by atoms with E-state index in [4.69, 9.17) is 4.74 Å². The van der Waals surface area contributed by atoms with Gasteiger partial charge in [-0.05, 0) is 42.3 Å². The predicted octanol–water partition coefficient (Wildman–Crippen LogP) is 4.32. The Labute approximate surface area is 177 Å². The fourth-order valence-corrected chi connectivity index (χ4v) is 3.60. The smallest absolute Gasteiger partial charge is 0.259 e. The Balaban J connectivity index is 2.08. The van der Waals surface area contributed by atoms with E-state index >= 15 is 0 Å². The Bertz CT molecular complexity index is 1180. The number of anilines is 2. The van der Waals surface area contributed by atoms with Crippen molar-refractivity contribution in [3.05, 3.63) is 77.9 Å². The van der Waals surface area contributed by atoms with E-state index < -0.39 is 10.0 Å². The van der Waals surface area contributed by atoms with Gasteiger partial charge in [0.1, 0.15) is 5.75 Å². The van der Waals surface area contributed by atoms with Gasteiger partial charge >= 0.3 is 0 Å². The summed E-state index contributed by atoms with van der Waals surface area (Å²) < 4.78 is 30.7. The fourth-order valence-electron chi connectivity index (χ4n) is 3.09. The molecule has 0 aliphatic rings. The largest absolute Gasteiger partial charge is 0.496 e. The Morgan fingerprint density at radius 2 is 1.67 bits per heavy atom. The van der Waals surface area contributed by atoms with Gasteiger partial charge in [0.05, 0.1) is 30.3 Å². The summed E-state index contributed by atoms with van der Waals surface area (Å²) in [5, 5.41) is 2.87. The van der Waals surface area contributed by atoms with Gasteiger partial charge in [-0.25, -0.2) is 8.42 Å². The van der Waals surface area contributed by atoms with Crippen LogP contribution in [0.2, 0.25) is 0 Å². The molecule has 156 valence electrons. The van der Waals surface area contributed by atoms with Crippen LogP contribution < -0.4 is 14.4 Å². The van der Waals surface area contributed by atoms with Gasteiger partial charge in [-0.15, -0.1) is 0 Å². The number of carbonyl (C=O) groups excluding carboxylic acids is 1. The lowest BCUT2D eigenvalue weighted by Gasteiger charge is -2.22. The molecule has 0 fully saturated rings. The zero-order valence-electron chi connectivity index (χ0n) is 17.3. The third kappa shape index (κ3) is 4.63. The Kier molecular flexibility index (Phi) is 6.12. The first-order valence-corrected chi connectivity index (χ1v) is 11.1. The molecule has 0 atom stereocenters. The minimum Gasteiger partial charge on any atom is -0.496 e.